The fraction of sp³-hybridized carbons (Fsp3) is 0.500. The van der Waals surface area contributed by atoms with E-state index in [-0.39, 0.29) is 35.3 Å². The van der Waals surface area contributed by atoms with Gasteiger partial charge >= 0.3 is 0 Å². The summed E-state index contributed by atoms with van der Waals surface area (Å²) < 4.78 is 0. The summed E-state index contributed by atoms with van der Waals surface area (Å²) in [6, 6.07) is 0. The van der Waals surface area contributed by atoms with Crippen LogP contribution in [0.25, 0.3) is 0 Å². The van der Waals surface area contributed by atoms with Gasteiger partial charge in [0, 0.05) is 7.05 Å². The van der Waals surface area contributed by atoms with Crippen LogP contribution in [0.15, 0.2) is 21.8 Å². The van der Waals surface area contributed by atoms with E-state index in [0.29, 0.717) is 0 Å². The molecule has 0 bridgehead atoms. The van der Waals surface area contributed by atoms with Gasteiger partial charge in [0.1, 0.15) is 12.1 Å². The minimum absolute atomic E-state index is 0.00116. The molecule has 0 unspecified atom stereocenters. The summed E-state index contributed by atoms with van der Waals surface area (Å²) >= 11 is 0. The van der Waals surface area contributed by atoms with Gasteiger partial charge in [0.25, 0.3) is 0 Å². The number of rotatable bonds is 4. The number of carbonyl (C=O) groups excluding carboxylic acids is 3. The molecule has 1 heterocycles. The normalized spacial score (nSPS) is 14.2. The van der Waals surface area contributed by atoms with Gasteiger partial charge in [0.05, 0.1) is 0 Å². The Morgan fingerprint density at radius 1 is 1.06 bits per heavy atom. The average molecular weight is 238 g/mol. The molecule has 1 rings (SSSR count). The Morgan fingerprint density at radius 2 is 1.59 bits per heavy atom. The molecule has 0 aromatic rings. The minimum atomic E-state index is -0.375. The van der Waals surface area contributed by atoms with E-state index in [0.717, 1.165) is 0 Å². The molecule has 0 atom stereocenters. The van der Waals surface area contributed by atoms with E-state index in [1.54, 1.807) is 7.05 Å². The van der Waals surface area contributed by atoms with E-state index in [1.807, 2.05) is 0 Å². The quantitative estimate of drug-likeness (QED) is 0.404. The molecule has 7 heteroatoms. The molecule has 17 heavy (non-hydrogen) atoms. The monoisotopic (exact) mass is 238 g/mol. The van der Waals surface area contributed by atoms with Crippen LogP contribution >= 0.6 is 0 Å². The third kappa shape index (κ3) is 2.74. The highest BCUT2D eigenvalue weighted by Crippen LogP contribution is 2.22. The number of hydrogen-bond donors (Lipinski definition) is 0. The molecule has 0 radical (unpaired) electrons. The molecule has 0 saturated carbocycles. The Balaban J connectivity index is 3.22. The Morgan fingerprint density at radius 3 is 2.00 bits per heavy atom. The van der Waals surface area contributed by atoms with Crippen molar-refractivity contribution in [2.24, 2.45) is 10.4 Å². The zero-order valence-electron chi connectivity index (χ0n) is 10.2. The summed E-state index contributed by atoms with van der Waals surface area (Å²) in [6.45, 7) is 3.96. The highest BCUT2D eigenvalue weighted by Gasteiger charge is 2.29. The first kappa shape index (κ1) is 13.0. The molecule has 92 valence electrons. The number of ketones is 3. The SMILES string of the molecule is CC(=O)CN1N=NN(C)C1=C(C(C)=O)C(C)=O. The molecule has 1 aliphatic rings. The molecular formula is C10H14N4O3. The second-order valence-electron chi connectivity index (χ2n) is 3.77. The van der Waals surface area contributed by atoms with Crippen molar-refractivity contribution in [3.05, 3.63) is 11.4 Å². The largest absolute Gasteiger partial charge is 0.298 e. The van der Waals surface area contributed by atoms with Crippen LogP contribution in [0.1, 0.15) is 20.8 Å². The van der Waals surface area contributed by atoms with Crippen molar-refractivity contribution in [3.8, 4) is 0 Å². The van der Waals surface area contributed by atoms with Crippen molar-refractivity contribution >= 4 is 17.3 Å². The van der Waals surface area contributed by atoms with Crippen LogP contribution in [0, 0.1) is 0 Å². The lowest BCUT2D eigenvalue weighted by Gasteiger charge is -2.18. The lowest BCUT2D eigenvalue weighted by atomic mass is 10.1. The Kier molecular flexibility index (Phi) is 3.72. The Bertz CT molecular complexity index is 423. The molecule has 0 spiro atoms. The maximum absolute atomic E-state index is 11.4. The van der Waals surface area contributed by atoms with E-state index >= 15 is 0 Å². The fourth-order valence-corrected chi connectivity index (χ4v) is 1.53. The number of Topliss-reactive ketones (excluding diaryl/α,β-unsaturated/α-hetero) is 3. The highest BCUT2D eigenvalue weighted by atomic mass is 16.2. The molecule has 0 saturated heterocycles. The summed E-state index contributed by atoms with van der Waals surface area (Å²) in [6.07, 6.45) is 0. The third-order valence-corrected chi connectivity index (χ3v) is 2.13. The van der Waals surface area contributed by atoms with Gasteiger partial charge in [-0.25, -0.2) is 10.0 Å². The molecule has 0 N–H and O–H groups in total. The molecule has 7 nitrogen and oxygen atoms in total. The van der Waals surface area contributed by atoms with Gasteiger partial charge < -0.3 is 0 Å². The zero-order valence-corrected chi connectivity index (χ0v) is 10.2. The van der Waals surface area contributed by atoms with Crippen molar-refractivity contribution in [3.63, 3.8) is 0 Å². The van der Waals surface area contributed by atoms with Crippen LogP contribution in [0.4, 0.5) is 0 Å². The van der Waals surface area contributed by atoms with Crippen LogP contribution in [-0.4, -0.2) is 41.0 Å². The first-order chi connectivity index (χ1) is 7.84. The lowest BCUT2D eigenvalue weighted by Crippen LogP contribution is -2.29. The zero-order chi connectivity index (χ0) is 13.2. The molecule has 0 fully saturated rings. The first-order valence-corrected chi connectivity index (χ1v) is 5.03. The molecular weight excluding hydrogens is 224 g/mol. The Labute approximate surface area is 98.7 Å². The van der Waals surface area contributed by atoms with Crippen molar-refractivity contribution in [1.82, 2.24) is 10.0 Å². The summed E-state index contributed by atoms with van der Waals surface area (Å²) in [4.78, 5) is 34.0. The topological polar surface area (TPSA) is 82.4 Å². The first-order valence-electron chi connectivity index (χ1n) is 5.03. The molecule has 0 aliphatic carbocycles. The standard InChI is InChI=1S/C10H14N4O3/c1-6(15)5-14-10(13(4)11-12-14)9(7(2)16)8(3)17/h5H2,1-4H3. The fourth-order valence-electron chi connectivity index (χ4n) is 1.53. The summed E-state index contributed by atoms with van der Waals surface area (Å²) in [5.41, 5.74) is -0.00116. The summed E-state index contributed by atoms with van der Waals surface area (Å²) in [5.74, 6) is -0.635. The van der Waals surface area contributed by atoms with Gasteiger partial charge in [0.15, 0.2) is 23.2 Å². The highest BCUT2D eigenvalue weighted by molar-refractivity contribution is 6.18. The van der Waals surface area contributed by atoms with E-state index in [9.17, 15) is 14.4 Å². The van der Waals surface area contributed by atoms with Gasteiger partial charge in [-0.2, -0.15) is 0 Å². The maximum atomic E-state index is 11.4. The van der Waals surface area contributed by atoms with Crippen molar-refractivity contribution in [2.75, 3.05) is 13.6 Å². The number of hydrogen-bond acceptors (Lipinski definition) is 7. The molecule has 1 aliphatic heterocycles. The second-order valence-corrected chi connectivity index (χ2v) is 3.77. The molecule has 0 aromatic carbocycles. The Hall–Kier alpha value is -2.05. The van der Waals surface area contributed by atoms with Gasteiger partial charge in [-0.1, -0.05) is 0 Å². The van der Waals surface area contributed by atoms with Gasteiger partial charge in [-0.05, 0) is 31.2 Å². The van der Waals surface area contributed by atoms with Gasteiger partial charge in [0.2, 0.25) is 0 Å². The van der Waals surface area contributed by atoms with Crippen molar-refractivity contribution < 1.29 is 14.4 Å². The van der Waals surface area contributed by atoms with Gasteiger partial charge in [-0.3, -0.25) is 14.4 Å². The maximum Gasteiger partial charge on any atom is 0.167 e. The predicted octanol–water partition coefficient (Wildman–Crippen LogP) is 0.495. The van der Waals surface area contributed by atoms with E-state index in [1.165, 1.54) is 30.8 Å². The minimum Gasteiger partial charge on any atom is -0.298 e. The molecule has 0 aromatic heterocycles. The van der Waals surface area contributed by atoms with Crippen LogP contribution in [0.3, 0.4) is 0 Å². The van der Waals surface area contributed by atoms with Crippen LogP contribution in [0.2, 0.25) is 0 Å². The third-order valence-electron chi connectivity index (χ3n) is 2.13. The van der Waals surface area contributed by atoms with Crippen LogP contribution < -0.4 is 0 Å². The molecule has 0 amide bonds. The average Bonchev–Trinajstić information content (AvgIpc) is 2.48. The second kappa shape index (κ2) is 4.86. The van der Waals surface area contributed by atoms with Crippen LogP contribution in [-0.2, 0) is 14.4 Å². The number of nitrogens with zero attached hydrogens (tertiary/aromatic N) is 4. The van der Waals surface area contributed by atoms with E-state index < -0.39 is 0 Å². The summed E-state index contributed by atoms with van der Waals surface area (Å²) in [7, 11) is 1.56. The van der Waals surface area contributed by atoms with E-state index in [2.05, 4.69) is 10.4 Å². The van der Waals surface area contributed by atoms with Gasteiger partial charge in [-0.15, -0.1) is 0 Å². The van der Waals surface area contributed by atoms with Crippen molar-refractivity contribution in [1.29, 1.82) is 0 Å². The lowest BCUT2D eigenvalue weighted by molar-refractivity contribution is -0.121. The van der Waals surface area contributed by atoms with E-state index in [4.69, 9.17) is 0 Å². The summed E-state index contributed by atoms with van der Waals surface area (Å²) in [5, 5.41) is 9.99. The number of allylic oxidation sites excluding steroid dienone is 1. The van der Waals surface area contributed by atoms with Crippen LogP contribution in [0.5, 0.6) is 0 Å². The number of carbonyl (C=O) groups is 3. The van der Waals surface area contributed by atoms with Crippen molar-refractivity contribution in [2.45, 2.75) is 20.8 Å². The smallest absolute Gasteiger partial charge is 0.167 e. The predicted molar refractivity (Wildman–Crippen MR) is 58.4 cm³/mol.